The predicted molar refractivity (Wildman–Crippen MR) is 117 cm³/mol. The summed E-state index contributed by atoms with van der Waals surface area (Å²) in [6.07, 6.45) is 17.8. The summed E-state index contributed by atoms with van der Waals surface area (Å²) in [6.45, 7) is 2.71. The Morgan fingerprint density at radius 3 is 1.78 bits per heavy atom. The van der Waals surface area contributed by atoms with Gasteiger partial charge in [-0.15, -0.1) is 0 Å². The second-order valence-corrected chi connectivity index (χ2v) is 7.76. The zero-order valence-corrected chi connectivity index (χ0v) is 17.6. The van der Waals surface area contributed by atoms with Crippen LogP contribution in [0.15, 0.2) is 30.3 Å². The van der Waals surface area contributed by atoms with Crippen molar-refractivity contribution in [3.05, 3.63) is 35.9 Å². The van der Waals surface area contributed by atoms with Crippen LogP contribution in [0.25, 0.3) is 0 Å². The number of carbonyl (C=O) groups excluding carboxylic acids is 1. The van der Waals surface area contributed by atoms with Crippen molar-refractivity contribution in [3.63, 3.8) is 0 Å². The molecular weight excluding hydrogens is 332 g/mol. The van der Waals surface area contributed by atoms with Crippen LogP contribution in [-0.4, -0.2) is 12.5 Å². The molecule has 0 aliphatic rings. The van der Waals surface area contributed by atoms with Gasteiger partial charge in [0.1, 0.15) is 0 Å². The van der Waals surface area contributed by atoms with E-state index in [9.17, 15) is 4.79 Å². The first-order chi connectivity index (χ1) is 13.3. The summed E-state index contributed by atoms with van der Waals surface area (Å²) in [5.74, 6) is 0.123. The van der Waals surface area contributed by atoms with Gasteiger partial charge in [0.25, 0.3) is 0 Å². The van der Waals surface area contributed by atoms with Gasteiger partial charge in [0.05, 0.1) is 6.04 Å². The van der Waals surface area contributed by atoms with Crippen LogP contribution in [0.3, 0.4) is 0 Å². The molecule has 1 unspecified atom stereocenters. The molecule has 1 aromatic carbocycles. The lowest BCUT2D eigenvalue weighted by molar-refractivity contribution is -0.121. The van der Waals surface area contributed by atoms with Crippen LogP contribution < -0.4 is 11.1 Å². The summed E-state index contributed by atoms with van der Waals surface area (Å²) >= 11 is 0. The maximum Gasteiger partial charge on any atom is 0.220 e. The monoisotopic (exact) mass is 374 g/mol. The predicted octanol–water partition coefficient (Wildman–Crippen LogP) is 6.28. The average Bonchev–Trinajstić information content (AvgIpc) is 2.70. The van der Waals surface area contributed by atoms with E-state index in [4.69, 9.17) is 5.73 Å². The Balaban J connectivity index is 1.93. The Morgan fingerprint density at radius 2 is 1.30 bits per heavy atom. The van der Waals surface area contributed by atoms with Gasteiger partial charge in [-0.05, 0) is 12.0 Å². The highest BCUT2D eigenvalue weighted by atomic mass is 16.1. The molecule has 3 N–H and O–H groups in total. The molecule has 1 rings (SSSR count). The third-order valence-corrected chi connectivity index (χ3v) is 5.28. The van der Waals surface area contributed by atoms with Crippen molar-refractivity contribution in [2.45, 2.75) is 103 Å². The van der Waals surface area contributed by atoms with E-state index < -0.39 is 0 Å². The van der Waals surface area contributed by atoms with Crippen molar-refractivity contribution >= 4 is 5.91 Å². The number of amides is 1. The molecule has 0 spiro atoms. The minimum Gasteiger partial charge on any atom is -0.348 e. The fourth-order valence-corrected chi connectivity index (χ4v) is 3.53. The van der Waals surface area contributed by atoms with Gasteiger partial charge < -0.3 is 11.1 Å². The molecule has 3 nitrogen and oxygen atoms in total. The third kappa shape index (κ3) is 12.6. The fourth-order valence-electron chi connectivity index (χ4n) is 3.53. The van der Waals surface area contributed by atoms with Crippen LogP contribution in [0.5, 0.6) is 0 Å². The molecule has 1 atom stereocenters. The summed E-state index contributed by atoms with van der Waals surface area (Å²) in [4.78, 5) is 12.1. The summed E-state index contributed by atoms with van der Waals surface area (Å²) in [7, 11) is 0. The molecule has 0 heterocycles. The van der Waals surface area contributed by atoms with E-state index in [1.165, 1.54) is 70.6 Å². The van der Waals surface area contributed by atoms with Crippen LogP contribution in [0.4, 0.5) is 0 Å². The maximum absolute atomic E-state index is 12.1. The zero-order valence-electron chi connectivity index (χ0n) is 17.6. The van der Waals surface area contributed by atoms with Crippen molar-refractivity contribution < 1.29 is 4.79 Å². The largest absolute Gasteiger partial charge is 0.348 e. The van der Waals surface area contributed by atoms with Crippen LogP contribution in [-0.2, 0) is 4.79 Å². The van der Waals surface area contributed by atoms with E-state index in [2.05, 4.69) is 12.2 Å². The van der Waals surface area contributed by atoms with Crippen molar-refractivity contribution in [2.75, 3.05) is 6.54 Å². The molecule has 154 valence electrons. The first-order valence-corrected chi connectivity index (χ1v) is 11.3. The van der Waals surface area contributed by atoms with Gasteiger partial charge in [0.2, 0.25) is 5.91 Å². The maximum atomic E-state index is 12.1. The van der Waals surface area contributed by atoms with Crippen molar-refractivity contribution in [1.29, 1.82) is 0 Å². The van der Waals surface area contributed by atoms with Crippen LogP contribution in [0.2, 0.25) is 0 Å². The number of hydrogen-bond acceptors (Lipinski definition) is 2. The Labute approximate surface area is 167 Å². The van der Waals surface area contributed by atoms with Gasteiger partial charge in [0, 0.05) is 13.0 Å². The van der Waals surface area contributed by atoms with Crippen LogP contribution in [0.1, 0.15) is 108 Å². The van der Waals surface area contributed by atoms with Crippen molar-refractivity contribution in [1.82, 2.24) is 5.32 Å². The number of nitrogens with two attached hydrogens (primary N) is 1. The van der Waals surface area contributed by atoms with Gasteiger partial charge in [-0.1, -0.05) is 114 Å². The molecule has 0 aliphatic carbocycles. The lowest BCUT2D eigenvalue weighted by Crippen LogP contribution is -2.33. The number of hydrogen-bond donors (Lipinski definition) is 2. The average molecular weight is 375 g/mol. The van der Waals surface area contributed by atoms with Crippen molar-refractivity contribution in [3.8, 4) is 0 Å². The quantitative estimate of drug-likeness (QED) is 0.315. The van der Waals surface area contributed by atoms with E-state index in [0.717, 1.165) is 18.4 Å². The van der Waals surface area contributed by atoms with Gasteiger partial charge in [0.15, 0.2) is 0 Å². The molecule has 3 heteroatoms. The molecule has 0 saturated carbocycles. The van der Waals surface area contributed by atoms with Gasteiger partial charge in [-0.2, -0.15) is 0 Å². The molecule has 0 aliphatic heterocycles. The molecule has 0 fully saturated rings. The zero-order chi connectivity index (χ0) is 19.6. The molecular formula is C24H42N2O. The minimum atomic E-state index is -0.0688. The second kappa shape index (κ2) is 16.8. The summed E-state index contributed by atoms with van der Waals surface area (Å²) < 4.78 is 0. The highest BCUT2D eigenvalue weighted by Gasteiger charge is 2.12. The molecule has 1 aromatic rings. The van der Waals surface area contributed by atoms with Gasteiger partial charge >= 0.3 is 0 Å². The van der Waals surface area contributed by atoms with E-state index in [1.807, 2.05) is 30.3 Å². The van der Waals surface area contributed by atoms with Gasteiger partial charge in [-0.25, -0.2) is 0 Å². The number of unbranched alkanes of at least 4 members (excludes halogenated alkanes) is 12. The Kier molecular flexibility index (Phi) is 14.7. The lowest BCUT2D eigenvalue weighted by atomic mass is 10.0. The SMILES string of the molecule is CCCCCCCCCCCCCCCC(=O)NC(CN)c1ccccc1. The number of carbonyl (C=O) groups is 1. The number of rotatable bonds is 17. The summed E-state index contributed by atoms with van der Waals surface area (Å²) in [6, 6.07) is 9.91. The standard InChI is InChI=1S/C24H42N2O/c1-2-3-4-5-6-7-8-9-10-11-12-13-17-20-24(27)26-23(21-25)22-18-15-14-16-19-22/h14-16,18-19,23H,2-13,17,20-21,25H2,1H3,(H,26,27). The Morgan fingerprint density at radius 1 is 0.815 bits per heavy atom. The molecule has 0 radical (unpaired) electrons. The third-order valence-electron chi connectivity index (χ3n) is 5.28. The summed E-state index contributed by atoms with van der Waals surface area (Å²) in [5, 5.41) is 3.06. The Hall–Kier alpha value is -1.35. The molecule has 1 amide bonds. The molecule has 0 saturated heterocycles. The summed E-state index contributed by atoms with van der Waals surface area (Å²) in [5.41, 5.74) is 6.90. The van der Waals surface area contributed by atoms with Gasteiger partial charge in [-0.3, -0.25) is 4.79 Å². The molecule has 27 heavy (non-hydrogen) atoms. The fraction of sp³-hybridized carbons (Fsp3) is 0.708. The first-order valence-electron chi connectivity index (χ1n) is 11.3. The number of nitrogens with one attached hydrogen (secondary N) is 1. The van der Waals surface area contributed by atoms with E-state index in [1.54, 1.807) is 0 Å². The van der Waals surface area contributed by atoms with E-state index in [-0.39, 0.29) is 11.9 Å². The second-order valence-electron chi connectivity index (χ2n) is 7.76. The first kappa shape index (κ1) is 23.7. The molecule has 0 bridgehead atoms. The smallest absolute Gasteiger partial charge is 0.220 e. The van der Waals surface area contributed by atoms with Crippen LogP contribution in [0, 0.1) is 0 Å². The normalized spacial score (nSPS) is 12.1. The van der Waals surface area contributed by atoms with Crippen molar-refractivity contribution in [2.24, 2.45) is 5.73 Å². The minimum absolute atomic E-state index is 0.0688. The van der Waals surface area contributed by atoms with Crippen LogP contribution >= 0.6 is 0 Å². The molecule has 0 aromatic heterocycles. The van der Waals surface area contributed by atoms with E-state index in [0.29, 0.717) is 13.0 Å². The highest BCUT2D eigenvalue weighted by molar-refractivity contribution is 5.76. The Bertz CT molecular complexity index is 461. The topological polar surface area (TPSA) is 55.1 Å². The number of benzene rings is 1. The highest BCUT2D eigenvalue weighted by Crippen LogP contribution is 2.14. The van der Waals surface area contributed by atoms with E-state index >= 15 is 0 Å². The lowest BCUT2D eigenvalue weighted by Gasteiger charge is -2.17.